The zero-order valence-electron chi connectivity index (χ0n) is 18.6. The quantitative estimate of drug-likeness (QED) is 0.636. The molecule has 0 radical (unpaired) electrons. The number of hydrogen-bond donors (Lipinski definition) is 1. The van der Waals surface area contributed by atoms with Gasteiger partial charge < -0.3 is 9.84 Å². The van der Waals surface area contributed by atoms with Crippen molar-refractivity contribution in [1.29, 1.82) is 0 Å². The molecule has 4 aliphatic rings. The number of rotatable bonds is 4. The highest BCUT2D eigenvalue weighted by atomic mass is 16.5. The predicted molar refractivity (Wildman–Crippen MR) is 112 cm³/mol. The van der Waals surface area contributed by atoms with E-state index in [0.29, 0.717) is 23.2 Å². The lowest BCUT2D eigenvalue weighted by atomic mass is 9.44. The van der Waals surface area contributed by atoms with Crippen LogP contribution in [0.15, 0.2) is 0 Å². The Morgan fingerprint density at radius 2 is 1.75 bits per heavy atom. The second-order valence-electron chi connectivity index (χ2n) is 11.4. The van der Waals surface area contributed by atoms with E-state index in [2.05, 4.69) is 20.8 Å². The van der Waals surface area contributed by atoms with Gasteiger partial charge in [0.1, 0.15) is 0 Å². The zero-order chi connectivity index (χ0) is 20.1. The van der Waals surface area contributed by atoms with Crippen LogP contribution in [0.25, 0.3) is 0 Å². The van der Waals surface area contributed by atoms with E-state index in [1.807, 2.05) is 0 Å². The molecule has 0 heterocycles. The molecule has 0 saturated heterocycles. The van der Waals surface area contributed by atoms with E-state index in [4.69, 9.17) is 4.74 Å². The molecule has 0 aromatic carbocycles. The van der Waals surface area contributed by atoms with Crippen molar-refractivity contribution in [3.63, 3.8) is 0 Å². The van der Waals surface area contributed by atoms with Gasteiger partial charge in [0, 0.05) is 6.42 Å². The van der Waals surface area contributed by atoms with E-state index in [1.165, 1.54) is 52.1 Å². The maximum atomic E-state index is 11.6. The molecule has 4 saturated carbocycles. The highest BCUT2D eigenvalue weighted by Crippen LogP contribution is 2.68. The molecule has 2 unspecified atom stereocenters. The van der Waals surface area contributed by atoms with Gasteiger partial charge in [-0.15, -0.1) is 0 Å². The Hall–Kier alpha value is -0.570. The number of hydrogen-bond acceptors (Lipinski definition) is 3. The molecule has 3 heteroatoms. The maximum absolute atomic E-state index is 11.6. The Morgan fingerprint density at radius 3 is 2.50 bits per heavy atom. The summed E-state index contributed by atoms with van der Waals surface area (Å²) in [5.41, 5.74) is 0.937. The lowest BCUT2D eigenvalue weighted by Gasteiger charge is -2.61. The number of carbonyl (C=O) groups excluding carboxylic acids is 1. The Morgan fingerprint density at radius 1 is 1.04 bits per heavy atom. The molecule has 4 rings (SSSR count). The van der Waals surface area contributed by atoms with E-state index < -0.39 is 0 Å². The van der Waals surface area contributed by atoms with Crippen molar-refractivity contribution in [3.05, 3.63) is 0 Å². The minimum Gasteiger partial charge on any atom is -0.469 e. The molecule has 0 spiro atoms. The van der Waals surface area contributed by atoms with E-state index in [9.17, 15) is 9.90 Å². The molecule has 160 valence electrons. The standard InChI is InChI=1S/C25H42O3/c1-16(5-10-23(27)28-4)20-8-9-21-19-7-6-17-15-18(26)11-13-24(17,2)22(19)12-14-25(20,21)3/h16-22,26H,5-15H2,1-4H3/t16-,17-,18-,19?,20?,21+,22+,24+,25-/m1/s1. The predicted octanol–water partition coefficient (Wildman–Crippen LogP) is 5.60. The number of aliphatic hydroxyl groups is 1. The Balaban J connectivity index is 1.48. The monoisotopic (exact) mass is 390 g/mol. The fraction of sp³-hybridized carbons (Fsp3) is 0.960. The second kappa shape index (κ2) is 7.60. The van der Waals surface area contributed by atoms with Crippen LogP contribution < -0.4 is 0 Å². The van der Waals surface area contributed by atoms with Crippen molar-refractivity contribution in [2.45, 2.75) is 97.5 Å². The number of esters is 1. The van der Waals surface area contributed by atoms with Crippen LogP contribution in [-0.2, 0) is 9.53 Å². The van der Waals surface area contributed by atoms with Crippen LogP contribution in [0.2, 0.25) is 0 Å². The Bertz CT molecular complexity index is 588. The Labute approximate surface area is 172 Å². The first-order valence-electron chi connectivity index (χ1n) is 12.0. The van der Waals surface area contributed by atoms with Crippen molar-refractivity contribution in [2.24, 2.45) is 46.3 Å². The molecule has 0 aliphatic heterocycles. The van der Waals surface area contributed by atoms with Gasteiger partial charge in [-0.2, -0.15) is 0 Å². The number of aliphatic hydroxyl groups excluding tert-OH is 1. The summed E-state index contributed by atoms with van der Waals surface area (Å²) in [5, 5.41) is 10.2. The van der Waals surface area contributed by atoms with Gasteiger partial charge in [0.05, 0.1) is 13.2 Å². The third-order valence-corrected chi connectivity index (χ3v) is 10.4. The maximum Gasteiger partial charge on any atom is 0.305 e. The van der Waals surface area contributed by atoms with Crippen LogP contribution in [-0.4, -0.2) is 24.3 Å². The summed E-state index contributed by atoms with van der Waals surface area (Å²) < 4.78 is 4.88. The van der Waals surface area contributed by atoms with E-state index in [0.717, 1.165) is 48.9 Å². The van der Waals surface area contributed by atoms with E-state index >= 15 is 0 Å². The normalized spacial score (nSPS) is 48.9. The van der Waals surface area contributed by atoms with Gasteiger partial charge in [-0.05, 0) is 111 Å². The highest BCUT2D eigenvalue weighted by molar-refractivity contribution is 5.69. The van der Waals surface area contributed by atoms with Crippen LogP contribution >= 0.6 is 0 Å². The Kier molecular flexibility index (Phi) is 5.61. The van der Waals surface area contributed by atoms with Crippen molar-refractivity contribution in [2.75, 3.05) is 7.11 Å². The third-order valence-electron chi connectivity index (χ3n) is 10.4. The minimum absolute atomic E-state index is 0.0463. The van der Waals surface area contributed by atoms with Crippen LogP contribution in [0.4, 0.5) is 0 Å². The molecule has 0 aromatic heterocycles. The number of fused-ring (bicyclic) bond motifs is 5. The van der Waals surface area contributed by atoms with Crippen molar-refractivity contribution in [1.82, 2.24) is 0 Å². The van der Waals surface area contributed by atoms with Gasteiger partial charge in [0.25, 0.3) is 0 Å². The van der Waals surface area contributed by atoms with Crippen LogP contribution in [0.5, 0.6) is 0 Å². The lowest BCUT2D eigenvalue weighted by Crippen LogP contribution is -2.54. The zero-order valence-corrected chi connectivity index (χ0v) is 18.6. The molecule has 28 heavy (non-hydrogen) atoms. The first kappa shape index (κ1) is 20.7. The number of carbonyl (C=O) groups is 1. The highest BCUT2D eigenvalue weighted by Gasteiger charge is 2.60. The largest absolute Gasteiger partial charge is 0.469 e. The van der Waals surface area contributed by atoms with Crippen molar-refractivity contribution < 1.29 is 14.6 Å². The van der Waals surface area contributed by atoms with Gasteiger partial charge in [-0.25, -0.2) is 0 Å². The third kappa shape index (κ3) is 3.24. The fourth-order valence-corrected chi connectivity index (χ4v) is 8.86. The summed E-state index contributed by atoms with van der Waals surface area (Å²) >= 11 is 0. The summed E-state index contributed by atoms with van der Waals surface area (Å²) in [6, 6.07) is 0. The summed E-state index contributed by atoms with van der Waals surface area (Å²) in [4.78, 5) is 11.6. The smallest absolute Gasteiger partial charge is 0.305 e. The topological polar surface area (TPSA) is 46.5 Å². The summed E-state index contributed by atoms with van der Waals surface area (Å²) in [7, 11) is 1.50. The molecule has 3 nitrogen and oxygen atoms in total. The molecule has 9 atom stereocenters. The average Bonchev–Trinajstić information content (AvgIpc) is 3.03. The van der Waals surface area contributed by atoms with E-state index in [-0.39, 0.29) is 12.1 Å². The fourth-order valence-electron chi connectivity index (χ4n) is 8.86. The number of methoxy groups -OCH3 is 1. The summed E-state index contributed by atoms with van der Waals surface area (Å²) in [5.74, 6) is 4.72. The molecule has 4 fully saturated rings. The summed E-state index contributed by atoms with van der Waals surface area (Å²) in [6.07, 6.45) is 13.1. The molecule has 4 aliphatic carbocycles. The SMILES string of the molecule is COC(=O)CC[C@@H](C)C1CC[C@H]2C3CC[C@@H]4C[C@H](O)CC[C@]4(C)[C@H]3CC[C@]12C. The molecule has 0 aromatic rings. The van der Waals surface area contributed by atoms with Crippen LogP contribution in [0.3, 0.4) is 0 Å². The molecule has 0 bridgehead atoms. The van der Waals surface area contributed by atoms with Gasteiger partial charge >= 0.3 is 5.97 Å². The van der Waals surface area contributed by atoms with Gasteiger partial charge in [0.15, 0.2) is 0 Å². The number of ether oxygens (including phenoxy) is 1. The van der Waals surface area contributed by atoms with Gasteiger partial charge in [-0.1, -0.05) is 20.8 Å². The molecule has 0 amide bonds. The van der Waals surface area contributed by atoms with Gasteiger partial charge in [0.2, 0.25) is 0 Å². The van der Waals surface area contributed by atoms with Crippen molar-refractivity contribution >= 4 is 5.97 Å². The van der Waals surface area contributed by atoms with Crippen molar-refractivity contribution in [3.8, 4) is 0 Å². The van der Waals surface area contributed by atoms with Gasteiger partial charge in [-0.3, -0.25) is 4.79 Å². The second-order valence-corrected chi connectivity index (χ2v) is 11.4. The molecule has 1 N–H and O–H groups in total. The van der Waals surface area contributed by atoms with Crippen LogP contribution in [0.1, 0.15) is 91.4 Å². The average molecular weight is 391 g/mol. The minimum atomic E-state index is -0.0546. The van der Waals surface area contributed by atoms with E-state index in [1.54, 1.807) is 0 Å². The first-order valence-corrected chi connectivity index (χ1v) is 12.0. The first-order chi connectivity index (χ1) is 13.3. The van der Waals surface area contributed by atoms with Crippen LogP contribution in [0, 0.1) is 46.3 Å². The lowest BCUT2D eigenvalue weighted by molar-refractivity contribution is -0.141. The molecular weight excluding hydrogens is 348 g/mol. The molecular formula is C25H42O3. The summed E-state index contributed by atoms with van der Waals surface area (Å²) in [6.45, 7) is 7.56.